The van der Waals surface area contributed by atoms with Crippen LogP contribution in [0.15, 0.2) is 16.7 Å². The molecule has 1 aromatic heterocycles. The lowest BCUT2D eigenvalue weighted by Gasteiger charge is -2.14. The van der Waals surface area contributed by atoms with Crippen LogP contribution >= 0.6 is 27.7 Å². The molecule has 0 saturated carbocycles. The predicted octanol–water partition coefficient (Wildman–Crippen LogP) is 3.46. The van der Waals surface area contributed by atoms with Gasteiger partial charge in [-0.2, -0.15) is 11.8 Å². The van der Waals surface area contributed by atoms with E-state index in [0.717, 1.165) is 21.2 Å². The molecule has 0 bridgehead atoms. The molecule has 0 radical (unpaired) electrons. The van der Waals surface area contributed by atoms with Gasteiger partial charge in [-0.1, -0.05) is 6.92 Å². The monoisotopic (exact) mass is 286 g/mol. The van der Waals surface area contributed by atoms with Gasteiger partial charge in [-0.05, 0) is 41.4 Å². The molecule has 0 aromatic carbocycles. The number of halogens is 1. The molecule has 0 amide bonds. The minimum Gasteiger partial charge on any atom is -0.380 e. The summed E-state index contributed by atoms with van der Waals surface area (Å²) in [5.74, 6) is 1.21. The number of aryl methyl sites for hydroxylation is 1. The normalized spacial score (nSPS) is 25.5. The van der Waals surface area contributed by atoms with E-state index < -0.39 is 0 Å². The van der Waals surface area contributed by atoms with Gasteiger partial charge in [0.2, 0.25) is 0 Å². The molecule has 0 spiro atoms. The smallest absolute Gasteiger partial charge is 0.106 e. The molecule has 15 heavy (non-hydrogen) atoms. The second-order valence-electron chi connectivity index (χ2n) is 3.99. The highest BCUT2D eigenvalue weighted by molar-refractivity contribution is 9.10. The minimum absolute atomic E-state index is 0.603. The van der Waals surface area contributed by atoms with Crippen molar-refractivity contribution >= 4 is 33.4 Å². The number of aromatic nitrogens is 1. The average Bonchev–Trinajstić information content (AvgIpc) is 2.56. The third-order valence-corrected chi connectivity index (χ3v) is 4.41. The zero-order valence-electron chi connectivity index (χ0n) is 8.96. The van der Waals surface area contributed by atoms with Gasteiger partial charge in [-0.15, -0.1) is 0 Å². The fraction of sp³-hybridized carbons (Fsp3) is 0.545. The average molecular weight is 287 g/mol. The van der Waals surface area contributed by atoms with E-state index in [4.69, 9.17) is 0 Å². The molecule has 82 valence electrons. The summed E-state index contributed by atoms with van der Waals surface area (Å²) >= 11 is 5.42. The Kier molecular flexibility index (Phi) is 3.57. The molecular weight excluding hydrogens is 272 g/mol. The van der Waals surface area contributed by atoms with Gasteiger partial charge in [0, 0.05) is 17.0 Å². The van der Waals surface area contributed by atoms with Crippen LogP contribution in [0.1, 0.15) is 19.0 Å². The van der Waals surface area contributed by atoms with Crippen molar-refractivity contribution in [2.45, 2.75) is 31.6 Å². The van der Waals surface area contributed by atoms with Crippen molar-refractivity contribution in [3.63, 3.8) is 0 Å². The summed E-state index contributed by atoms with van der Waals surface area (Å²) in [6.45, 7) is 4.33. The predicted molar refractivity (Wildman–Crippen MR) is 70.6 cm³/mol. The van der Waals surface area contributed by atoms with E-state index in [-0.39, 0.29) is 0 Å². The first kappa shape index (κ1) is 11.3. The summed E-state index contributed by atoms with van der Waals surface area (Å²) in [6, 6.07) is 4.69. The minimum atomic E-state index is 0.603. The van der Waals surface area contributed by atoms with Gasteiger partial charge >= 0.3 is 0 Å². The first-order valence-corrected chi connectivity index (χ1v) is 7.00. The Morgan fingerprint density at radius 3 is 2.93 bits per heavy atom. The summed E-state index contributed by atoms with van der Waals surface area (Å²) in [4.78, 5) is 4.38. The van der Waals surface area contributed by atoms with E-state index in [1.807, 2.05) is 24.8 Å². The molecule has 2 heterocycles. The Bertz CT molecular complexity index is 356. The number of thioether (sulfide) groups is 1. The summed E-state index contributed by atoms with van der Waals surface area (Å²) in [6.07, 6.45) is 1.25. The highest BCUT2D eigenvalue weighted by atomic mass is 79.9. The number of hydrogen-bond donors (Lipinski definition) is 1. The SMILES string of the molecule is Cc1nc(Br)ccc1NC1CSC(C)C1. The summed E-state index contributed by atoms with van der Waals surface area (Å²) in [5.41, 5.74) is 2.23. The fourth-order valence-corrected chi connectivity index (χ4v) is 3.37. The topological polar surface area (TPSA) is 24.9 Å². The number of rotatable bonds is 2. The zero-order valence-corrected chi connectivity index (χ0v) is 11.4. The maximum atomic E-state index is 4.38. The lowest BCUT2D eigenvalue weighted by Crippen LogP contribution is -2.19. The molecular formula is C11H15BrN2S. The lowest BCUT2D eigenvalue weighted by atomic mass is 10.2. The van der Waals surface area contributed by atoms with Crippen LogP contribution in [0.2, 0.25) is 0 Å². The van der Waals surface area contributed by atoms with E-state index in [9.17, 15) is 0 Å². The van der Waals surface area contributed by atoms with E-state index in [2.05, 4.69) is 39.2 Å². The fourth-order valence-electron chi connectivity index (χ4n) is 1.82. The van der Waals surface area contributed by atoms with Gasteiger partial charge in [-0.3, -0.25) is 0 Å². The Morgan fingerprint density at radius 2 is 2.33 bits per heavy atom. The van der Waals surface area contributed by atoms with Crippen LogP contribution in [0.3, 0.4) is 0 Å². The molecule has 1 aliphatic rings. The van der Waals surface area contributed by atoms with Crippen molar-refractivity contribution < 1.29 is 0 Å². The Labute approximate surface area is 103 Å². The molecule has 4 heteroatoms. The quantitative estimate of drug-likeness (QED) is 0.843. The summed E-state index contributed by atoms with van der Waals surface area (Å²) < 4.78 is 0.903. The van der Waals surface area contributed by atoms with Gasteiger partial charge in [-0.25, -0.2) is 4.98 Å². The molecule has 2 unspecified atom stereocenters. The molecule has 2 atom stereocenters. The third kappa shape index (κ3) is 2.88. The van der Waals surface area contributed by atoms with Gasteiger partial charge in [0.05, 0.1) is 11.4 Å². The standard InChI is InChI=1S/C11H15BrN2S/c1-7-5-9(6-15-7)14-10-3-4-11(12)13-8(10)2/h3-4,7,9,14H,5-6H2,1-2H3. The van der Waals surface area contributed by atoms with Crippen molar-refractivity contribution in [1.29, 1.82) is 0 Å². The second kappa shape index (κ2) is 4.74. The molecule has 2 rings (SSSR count). The highest BCUT2D eigenvalue weighted by Crippen LogP contribution is 2.29. The third-order valence-electron chi connectivity index (χ3n) is 2.61. The molecule has 1 fully saturated rings. The molecule has 1 aromatic rings. The van der Waals surface area contributed by atoms with E-state index in [0.29, 0.717) is 6.04 Å². The maximum Gasteiger partial charge on any atom is 0.106 e. The van der Waals surface area contributed by atoms with Crippen LogP contribution in [-0.2, 0) is 0 Å². The van der Waals surface area contributed by atoms with Gasteiger partial charge in [0.25, 0.3) is 0 Å². The number of nitrogens with one attached hydrogen (secondary N) is 1. The second-order valence-corrected chi connectivity index (χ2v) is 6.27. The van der Waals surface area contributed by atoms with Crippen LogP contribution in [0.5, 0.6) is 0 Å². The zero-order chi connectivity index (χ0) is 10.8. The van der Waals surface area contributed by atoms with Crippen LogP contribution in [0, 0.1) is 6.92 Å². The Hall–Kier alpha value is -0.220. The Balaban J connectivity index is 2.04. The van der Waals surface area contributed by atoms with Crippen LogP contribution in [-0.4, -0.2) is 22.0 Å². The van der Waals surface area contributed by atoms with Crippen LogP contribution in [0.25, 0.3) is 0 Å². The molecule has 2 nitrogen and oxygen atoms in total. The van der Waals surface area contributed by atoms with Crippen LogP contribution < -0.4 is 5.32 Å². The van der Waals surface area contributed by atoms with E-state index in [1.165, 1.54) is 12.2 Å². The molecule has 1 saturated heterocycles. The molecule has 1 aliphatic heterocycles. The molecule has 1 N–H and O–H groups in total. The summed E-state index contributed by atoms with van der Waals surface area (Å²) in [5, 5.41) is 4.35. The van der Waals surface area contributed by atoms with Crippen molar-refractivity contribution in [3.05, 3.63) is 22.4 Å². The Morgan fingerprint density at radius 1 is 1.53 bits per heavy atom. The number of nitrogens with zero attached hydrogens (tertiary/aromatic N) is 1. The van der Waals surface area contributed by atoms with Gasteiger partial charge < -0.3 is 5.32 Å². The summed E-state index contributed by atoms with van der Waals surface area (Å²) in [7, 11) is 0. The lowest BCUT2D eigenvalue weighted by molar-refractivity contribution is 0.745. The largest absolute Gasteiger partial charge is 0.380 e. The van der Waals surface area contributed by atoms with Crippen molar-refractivity contribution in [2.24, 2.45) is 0 Å². The van der Waals surface area contributed by atoms with Crippen molar-refractivity contribution in [1.82, 2.24) is 4.98 Å². The number of anilines is 1. The van der Waals surface area contributed by atoms with E-state index >= 15 is 0 Å². The molecule has 0 aliphatic carbocycles. The first-order chi connectivity index (χ1) is 7.15. The number of pyridine rings is 1. The maximum absolute atomic E-state index is 4.38. The van der Waals surface area contributed by atoms with Crippen molar-refractivity contribution in [2.75, 3.05) is 11.1 Å². The highest BCUT2D eigenvalue weighted by Gasteiger charge is 2.21. The van der Waals surface area contributed by atoms with Gasteiger partial charge in [0.1, 0.15) is 4.60 Å². The number of hydrogen-bond acceptors (Lipinski definition) is 3. The first-order valence-electron chi connectivity index (χ1n) is 5.16. The van der Waals surface area contributed by atoms with E-state index in [1.54, 1.807) is 0 Å². The van der Waals surface area contributed by atoms with Gasteiger partial charge in [0.15, 0.2) is 0 Å². The van der Waals surface area contributed by atoms with Crippen LogP contribution in [0.4, 0.5) is 5.69 Å². The van der Waals surface area contributed by atoms with Crippen molar-refractivity contribution in [3.8, 4) is 0 Å².